The van der Waals surface area contributed by atoms with Gasteiger partial charge in [-0.25, -0.2) is 4.39 Å². The lowest BCUT2D eigenvalue weighted by Crippen LogP contribution is -2.42. The predicted molar refractivity (Wildman–Crippen MR) is 85.3 cm³/mol. The van der Waals surface area contributed by atoms with Crippen molar-refractivity contribution >= 4 is 0 Å². The van der Waals surface area contributed by atoms with Crippen LogP contribution >= 0.6 is 0 Å². The van der Waals surface area contributed by atoms with Crippen molar-refractivity contribution in [2.75, 3.05) is 6.54 Å². The van der Waals surface area contributed by atoms with Gasteiger partial charge < -0.3 is 5.32 Å². The molecule has 3 rings (SSSR count). The summed E-state index contributed by atoms with van der Waals surface area (Å²) in [6.45, 7) is 4.96. The van der Waals surface area contributed by atoms with Crippen LogP contribution in [0, 0.1) is 13.8 Å². The topological polar surface area (TPSA) is 12.0 Å². The molecule has 1 nitrogen and oxygen atoms in total. The first-order valence-corrected chi connectivity index (χ1v) is 7.67. The van der Waals surface area contributed by atoms with Crippen LogP contribution in [-0.4, -0.2) is 12.6 Å². The van der Waals surface area contributed by atoms with Gasteiger partial charge in [-0.05, 0) is 44.4 Å². The predicted octanol–water partition coefficient (Wildman–Crippen LogP) is 4.27. The van der Waals surface area contributed by atoms with Gasteiger partial charge in [-0.2, -0.15) is 0 Å². The van der Waals surface area contributed by atoms with Crippen LogP contribution in [0.2, 0.25) is 0 Å². The smallest absolute Gasteiger partial charge is 0.176 e. The highest BCUT2D eigenvalue weighted by molar-refractivity contribution is 5.40. The van der Waals surface area contributed by atoms with E-state index in [1.165, 1.54) is 0 Å². The molecule has 1 N–H and O–H groups in total. The molecule has 0 radical (unpaired) electrons. The monoisotopic (exact) mass is 283 g/mol. The molecule has 1 saturated heterocycles. The Balaban J connectivity index is 2.09. The number of hydrogen-bond donors (Lipinski definition) is 1. The maximum absolute atomic E-state index is 16.2. The summed E-state index contributed by atoms with van der Waals surface area (Å²) in [6, 6.07) is 15.5. The Kier molecular flexibility index (Phi) is 3.81. The summed E-state index contributed by atoms with van der Waals surface area (Å²) in [7, 11) is 0. The highest BCUT2D eigenvalue weighted by Gasteiger charge is 2.43. The Morgan fingerprint density at radius 1 is 0.905 bits per heavy atom. The zero-order chi connectivity index (χ0) is 14.9. The van der Waals surface area contributed by atoms with Gasteiger partial charge in [0.25, 0.3) is 0 Å². The maximum Gasteiger partial charge on any atom is 0.176 e. The molecule has 2 aromatic rings. The summed E-state index contributed by atoms with van der Waals surface area (Å²) in [4.78, 5) is 0. The van der Waals surface area contributed by atoms with Gasteiger partial charge in [0.2, 0.25) is 0 Å². The molecule has 2 heteroatoms. The van der Waals surface area contributed by atoms with Gasteiger partial charge >= 0.3 is 0 Å². The minimum atomic E-state index is -1.46. The minimum Gasteiger partial charge on any atom is -0.310 e. The molecular formula is C19H22FN. The second-order valence-corrected chi connectivity index (χ2v) is 6.09. The van der Waals surface area contributed by atoms with E-state index in [9.17, 15) is 0 Å². The number of hydrogen-bond acceptors (Lipinski definition) is 1. The fourth-order valence-electron chi connectivity index (χ4n) is 3.19. The minimum absolute atomic E-state index is 0.150. The number of nitrogens with one attached hydrogen (secondary N) is 1. The van der Waals surface area contributed by atoms with Gasteiger partial charge in [0, 0.05) is 6.04 Å². The lowest BCUT2D eigenvalue weighted by Gasteiger charge is -2.33. The zero-order valence-electron chi connectivity index (χ0n) is 12.7. The Bertz CT molecular complexity index is 549. The average Bonchev–Trinajstić information content (AvgIpc) is 3.02. The van der Waals surface area contributed by atoms with Crippen LogP contribution in [-0.2, 0) is 5.67 Å². The lowest BCUT2D eigenvalue weighted by molar-refractivity contribution is 0.163. The molecule has 0 bridgehead atoms. The third kappa shape index (κ3) is 2.60. The Morgan fingerprint density at radius 3 is 1.76 bits per heavy atom. The molecule has 0 spiro atoms. The van der Waals surface area contributed by atoms with Crippen molar-refractivity contribution in [1.29, 1.82) is 0 Å². The molecule has 2 aromatic carbocycles. The first kappa shape index (κ1) is 14.3. The van der Waals surface area contributed by atoms with Crippen molar-refractivity contribution in [3.05, 3.63) is 70.8 Å². The number of aryl methyl sites for hydroxylation is 2. The zero-order valence-corrected chi connectivity index (χ0v) is 12.7. The molecule has 0 amide bonds. The molecule has 1 aliphatic heterocycles. The van der Waals surface area contributed by atoms with E-state index in [-0.39, 0.29) is 6.04 Å². The van der Waals surface area contributed by atoms with Gasteiger partial charge in [-0.15, -0.1) is 0 Å². The Labute approximate surface area is 126 Å². The van der Waals surface area contributed by atoms with Gasteiger partial charge in [-0.3, -0.25) is 0 Å². The quantitative estimate of drug-likeness (QED) is 0.887. The maximum atomic E-state index is 16.2. The summed E-state index contributed by atoms with van der Waals surface area (Å²) < 4.78 is 16.2. The molecule has 0 saturated carbocycles. The van der Waals surface area contributed by atoms with Crippen molar-refractivity contribution in [2.45, 2.75) is 38.4 Å². The summed E-state index contributed by atoms with van der Waals surface area (Å²) >= 11 is 0. The van der Waals surface area contributed by atoms with Crippen molar-refractivity contribution in [2.24, 2.45) is 0 Å². The summed E-state index contributed by atoms with van der Waals surface area (Å²) in [6.07, 6.45) is 1.91. The molecule has 1 atom stereocenters. The van der Waals surface area contributed by atoms with Crippen LogP contribution in [0.25, 0.3) is 0 Å². The van der Waals surface area contributed by atoms with E-state index in [2.05, 4.69) is 5.32 Å². The third-order valence-electron chi connectivity index (χ3n) is 4.48. The van der Waals surface area contributed by atoms with E-state index >= 15 is 4.39 Å². The molecule has 110 valence electrons. The summed E-state index contributed by atoms with van der Waals surface area (Å²) in [5.74, 6) is 0. The van der Waals surface area contributed by atoms with Crippen LogP contribution in [0.1, 0.15) is 35.1 Å². The second kappa shape index (κ2) is 5.61. The van der Waals surface area contributed by atoms with Crippen molar-refractivity contribution < 1.29 is 4.39 Å². The summed E-state index contributed by atoms with van der Waals surface area (Å²) in [5, 5.41) is 3.35. The van der Waals surface area contributed by atoms with E-state index < -0.39 is 5.67 Å². The van der Waals surface area contributed by atoms with E-state index in [0.29, 0.717) is 0 Å². The van der Waals surface area contributed by atoms with Gasteiger partial charge in [0.15, 0.2) is 5.67 Å². The van der Waals surface area contributed by atoms with Gasteiger partial charge in [0.1, 0.15) is 0 Å². The highest BCUT2D eigenvalue weighted by Crippen LogP contribution is 2.40. The van der Waals surface area contributed by atoms with E-state index in [0.717, 1.165) is 41.6 Å². The van der Waals surface area contributed by atoms with Gasteiger partial charge in [0.05, 0.1) is 0 Å². The number of rotatable bonds is 3. The van der Waals surface area contributed by atoms with Crippen LogP contribution in [0.15, 0.2) is 48.5 Å². The molecule has 1 aliphatic rings. The fraction of sp³-hybridized carbons (Fsp3) is 0.368. The largest absolute Gasteiger partial charge is 0.310 e. The number of halogens is 1. The summed E-state index contributed by atoms with van der Waals surface area (Å²) in [5.41, 5.74) is 2.35. The molecular weight excluding hydrogens is 261 g/mol. The van der Waals surface area contributed by atoms with Crippen LogP contribution in [0.3, 0.4) is 0 Å². The molecule has 1 heterocycles. The third-order valence-corrected chi connectivity index (χ3v) is 4.48. The average molecular weight is 283 g/mol. The van der Waals surface area contributed by atoms with Crippen LogP contribution in [0.5, 0.6) is 0 Å². The fourth-order valence-corrected chi connectivity index (χ4v) is 3.19. The lowest BCUT2D eigenvalue weighted by atomic mass is 9.80. The van der Waals surface area contributed by atoms with E-state index in [1.54, 1.807) is 0 Å². The number of alkyl halides is 1. The van der Waals surface area contributed by atoms with Crippen LogP contribution < -0.4 is 5.32 Å². The second-order valence-electron chi connectivity index (χ2n) is 6.09. The molecule has 0 unspecified atom stereocenters. The van der Waals surface area contributed by atoms with Crippen LogP contribution in [0.4, 0.5) is 4.39 Å². The molecule has 0 aliphatic carbocycles. The highest BCUT2D eigenvalue weighted by atomic mass is 19.1. The Hall–Kier alpha value is -1.67. The van der Waals surface area contributed by atoms with Gasteiger partial charge in [-0.1, -0.05) is 59.7 Å². The van der Waals surface area contributed by atoms with Crippen molar-refractivity contribution in [3.63, 3.8) is 0 Å². The number of benzene rings is 2. The van der Waals surface area contributed by atoms with E-state index in [4.69, 9.17) is 0 Å². The normalized spacial score (nSPS) is 18.9. The molecule has 1 fully saturated rings. The van der Waals surface area contributed by atoms with Crippen molar-refractivity contribution in [1.82, 2.24) is 5.32 Å². The van der Waals surface area contributed by atoms with E-state index in [1.807, 2.05) is 62.4 Å². The standard InChI is InChI=1S/C19H22FN/c1-14-5-9-16(10-6-14)19(20,18-4-3-13-21-18)17-11-7-15(2)8-12-17/h5-12,18,21H,3-4,13H2,1-2H3/t18-/m0/s1. The Morgan fingerprint density at radius 2 is 1.38 bits per heavy atom. The SMILES string of the molecule is Cc1ccc(C(F)(c2ccc(C)cc2)[C@@H]2CCCN2)cc1. The molecule has 21 heavy (non-hydrogen) atoms. The first-order chi connectivity index (χ1) is 10.1. The van der Waals surface area contributed by atoms with Crippen molar-refractivity contribution in [3.8, 4) is 0 Å². The molecule has 0 aromatic heterocycles. The first-order valence-electron chi connectivity index (χ1n) is 7.67.